The van der Waals surface area contributed by atoms with Crippen molar-refractivity contribution in [2.24, 2.45) is 17.3 Å². The van der Waals surface area contributed by atoms with Crippen LogP contribution in [0.5, 0.6) is 11.5 Å². The average molecular weight is 463 g/mol. The molecule has 3 N–H and O–H groups in total. The van der Waals surface area contributed by atoms with E-state index in [0.29, 0.717) is 29.9 Å². The van der Waals surface area contributed by atoms with E-state index in [1.54, 1.807) is 13.8 Å². The zero-order valence-corrected chi connectivity index (χ0v) is 20.2. The lowest BCUT2D eigenvalue weighted by atomic mass is 9.48. The quantitative estimate of drug-likeness (QED) is 0.571. The number of carboxylic acids is 1. The molecule has 5 atom stereocenters. The molecule has 3 aliphatic rings. The van der Waals surface area contributed by atoms with E-state index in [0.717, 1.165) is 16.7 Å². The van der Waals surface area contributed by atoms with E-state index in [-0.39, 0.29) is 25.4 Å². The number of cyclic esters (lactones) is 1. The Balaban J connectivity index is 1.91. The van der Waals surface area contributed by atoms with Crippen molar-refractivity contribution in [1.29, 1.82) is 0 Å². The van der Waals surface area contributed by atoms with Crippen molar-refractivity contribution in [2.75, 3.05) is 7.11 Å². The number of rotatable bonds is 5. The Kier molecular flexibility index (Phi) is 5.49. The third kappa shape index (κ3) is 3.49. The summed E-state index contributed by atoms with van der Waals surface area (Å²) in [6, 6.07) is 0. The molecule has 1 aromatic rings. The van der Waals surface area contributed by atoms with E-state index >= 15 is 0 Å². The zero-order valence-electron chi connectivity index (χ0n) is 20.2. The lowest BCUT2D eigenvalue weighted by Crippen LogP contribution is -2.66. The van der Waals surface area contributed by atoms with Crippen LogP contribution in [0.15, 0.2) is 0 Å². The van der Waals surface area contributed by atoms with E-state index in [9.17, 15) is 24.9 Å². The first-order valence-electron chi connectivity index (χ1n) is 11.4. The van der Waals surface area contributed by atoms with E-state index < -0.39 is 40.6 Å². The fourth-order valence-corrected chi connectivity index (χ4v) is 7.11. The van der Waals surface area contributed by atoms with Crippen LogP contribution in [0.2, 0.25) is 0 Å². The second kappa shape index (κ2) is 7.60. The minimum atomic E-state index is -1.24. The number of hydrogen-bond acceptors (Lipinski definition) is 7. The largest absolute Gasteiger partial charge is 0.495 e. The molecule has 0 aromatic heterocycles. The molecule has 0 spiro atoms. The SMILES string of the molecule is COc1c2c(c(C)c3c1C(=O)OC3)O[C@@]1(C)C[C@H](O)[C@@H](C(C)(C)O)[C@](C)(CCC(=O)O)[C@H]1C2. The first-order chi connectivity index (χ1) is 15.2. The maximum Gasteiger partial charge on any atom is 0.342 e. The lowest BCUT2D eigenvalue weighted by Gasteiger charge is -2.61. The normalized spacial score (nSPS) is 32.8. The number of esters is 1. The van der Waals surface area contributed by atoms with E-state index in [1.165, 1.54) is 7.11 Å². The molecule has 1 saturated carbocycles. The summed E-state index contributed by atoms with van der Waals surface area (Å²) in [4.78, 5) is 24.0. The molecule has 2 heterocycles. The molecule has 2 aliphatic heterocycles. The number of fused-ring (bicyclic) bond motifs is 3. The van der Waals surface area contributed by atoms with Gasteiger partial charge in [0.25, 0.3) is 0 Å². The number of ether oxygens (including phenoxy) is 3. The maximum atomic E-state index is 12.5. The molecule has 0 radical (unpaired) electrons. The lowest BCUT2D eigenvalue weighted by molar-refractivity contribution is -0.213. The van der Waals surface area contributed by atoms with Crippen LogP contribution in [0.4, 0.5) is 0 Å². The van der Waals surface area contributed by atoms with Gasteiger partial charge in [-0.3, -0.25) is 4.79 Å². The van der Waals surface area contributed by atoms with E-state index in [1.807, 2.05) is 20.8 Å². The molecule has 0 saturated heterocycles. The molecule has 1 aromatic carbocycles. The summed E-state index contributed by atoms with van der Waals surface area (Å²) in [7, 11) is 1.51. The van der Waals surface area contributed by atoms with Crippen molar-refractivity contribution in [1.82, 2.24) is 0 Å². The minimum absolute atomic E-state index is 0.0953. The highest BCUT2D eigenvalue weighted by atomic mass is 16.5. The number of benzene rings is 1. The molecule has 8 heteroatoms. The molecule has 1 fully saturated rings. The standard InChI is InChI=1S/C25H34O8/c1-12-14-11-32-22(29)18(14)20(31-6)13-9-16-24(4,8-7-17(27)28)21(23(2,3)30)15(26)10-25(16,5)33-19(12)13/h15-16,21,26,30H,7-11H2,1-6H3,(H,27,28)/t15-,16+,21-,24+,25-/m0/s1. The van der Waals surface area contributed by atoms with Gasteiger partial charge in [0.05, 0.1) is 18.8 Å². The number of methoxy groups -OCH3 is 1. The fourth-order valence-electron chi connectivity index (χ4n) is 7.11. The molecular weight excluding hydrogens is 428 g/mol. The summed E-state index contributed by atoms with van der Waals surface area (Å²) in [6.45, 7) is 9.27. The van der Waals surface area contributed by atoms with Gasteiger partial charge in [-0.25, -0.2) is 4.79 Å². The highest BCUT2D eigenvalue weighted by Gasteiger charge is 2.63. The summed E-state index contributed by atoms with van der Waals surface area (Å²) < 4.78 is 17.6. The molecule has 0 bridgehead atoms. The molecule has 4 rings (SSSR count). The minimum Gasteiger partial charge on any atom is -0.495 e. The second-order valence-electron chi connectivity index (χ2n) is 10.9. The number of hydrogen-bond donors (Lipinski definition) is 3. The van der Waals surface area contributed by atoms with Gasteiger partial charge in [-0.1, -0.05) is 6.92 Å². The van der Waals surface area contributed by atoms with Gasteiger partial charge in [-0.05, 0) is 51.5 Å². The molecule has 8 nitrogen and oxygen atoms in total. The molecule has 33 heavy (non-hydrogen) atoms. The number of aliphatic carboxylic acids is 1. The first-order valence-corrected chi connectivity index (χ1v) is 11.4. The third-order valence-electron chi connectivity index (χ3n) is 8.25. The number of carboxylic acid groups (broad SMARTS) is 1. The highest BCUT2D eigenvalue weighted by Crippen LogP contribution is 2.61. The topological polar surface area (TPSA) is 123 Å². The van der Waals surface area contributed by atoms with Crippen molar-refractivity contribution < 1.29 is 39.1 Å². The smallest absolute Gasteiger partial charge is 0.342 e. The van der Waals surface area contributed by atoms with Crippen LogP contribution >= 0.6 is 0 Å². The predicted octanol–water partition coefficient (Wildman–Crippen LogP) is 3.01. The van der Waals surface area contributed by atoms with E-state index in [2.05, 4.69) is 0 Å². The third-order valence-corrected chi connectivity index (χ3v) is 8.25. The fraction of sp³-hybridized carbons (Fsp3) is 0.680. The Labute approximate surface area is 193 Å². The van der Waals surface area contributed by atoms with Crippen molar-refractivity contribution >= 4 is 11.9 Å². The molecular formula is C25H34O8. The summed E-state index contributed by atoms with van der Waals surface area (Å²) in [5, 5.41) is 31.8. The summed E-state index contributed by atoms with van der Waals surface area (Å²) >= 11 is 0. The van der Waals surface area contributed by atoms with Crippen LogP contribution in [0.1, 0.15) is 74.0 Å². The van der Waals surface area contributed by atoms with Gasteiger partial charge in [-0.2, -0.15) is 0 Å². The second-order valence-corrected chi connectivity index (χ2v) is 10.9. The van der Waals surface area contributed by atoms with Crippen molar-refractivity contribution in [3.63, 3.8) is 0 Å². The van der Waals surface area contributed by atoms with Gasteiger partial charge >= 0.3 is 11.9 Å². The number of carbonyl (C=O) groups excluding carboxylic acids is 1. The Hall–Kier alpha value is -2.32. The Morgan fingerprint density at radius 3 is 2.52 bits per heavy atom. The Morgan fingerprint density at radius 2 is 1.94 bits per heavy atom. The van der Waals surface area contributed by atoms with Gasteiger partial charge in [0.2, 0.25) is 0 Å². The van der Waals surface area contributed by atoms with Crippen LogP contribution in [-0.4, -0.2) is 51.7 Å². The van der Waals surface area contributed by atoms with Crippen molar-refractivity contribution in [3.8, 4) is 11.5 Å². The van der Waals surface area contributed by atoms with Gasteiger partial charge < -0.3 is 29.5 Å². The van der Waals surface area contributed by atoms with Crippen molar-refractivity contribution in [2.45, 2.75) is 84.2 Å². The van der Waals surface area contributed by atoms with Gasteiger partial charge in [-0.15, -0.1) is 0 Å². The number of carbonyl (C=O) groups is 2. The summed E-state index contributed by atoms with van der Waals surface area (Å²) in [5.74, 6) is -1.10. The maximum absolute atomic E-state index is 12.5. The summed E-state index contributed by atoms with van der Waals surface area (Å²) in [6.07, 6.45) is 0.0469. The van der Waals surface area contributed by atoms with Crippen LogP contribution in [0, 0.1) is 24.2 Å². The number of aliphatic hydroxyl groups is 2. The molecule has 182 valence electrons. The molecule has 1 aliphatic carbocycles. The summed E-state index contributed by atoms with van der Waals surface area (Å²) in [5.41, 5.74) is -0.0651. The predicted molar refractivity (Wildman–Crippen MR) is 118 cm³/mol. The highest BCUT2D eigenvalue weighted by molar-refractivity contribution is 5.98. The first kappa shape index (κ1) is 23.8. The molecule has 0 unspecified atom stereocenters. The monoisotopic (exact) mass is 462 g/mol. The Bertz CT molecular complexity index is 1010. The van der Waals surface area contributed by atoms with Crippen LogP contribution in [0.25, 0.3) is 0 Å². The average Bonchev–Trinajstić information content (AvgIpc) is 3.07. The van der Waals surface area contributed by atoms with Crippen LogP contribution < -0.4 is 9.47 Å². The Morgan fingerprint density at radius 1 is 1.27 bits per heavy atom. The van der Waals surface area contributed by atoms with Crippen LogP contribution in [-0.2, 0) is 22.6 Å². The van der Waals surface area contributed by atoms with Gasteiger partial charge in [0, 0.05) is 35.8 Å². The van der Waals surface area contributed by atoms with Gasteiger partial charge in [0.15, 0.2) is 0 Å². The van der Waals surface area contributed by atoms with Crippen LogP contribution in [0.3, 0.4) is 0 Å². The number of aliphatic hydroxyl groups excluding tert-OH is 1. The zero-order chi connectivity index (χ0) is 24.5. The molecule has 0 amide bonds. The van der Waals surface area contributed by atoms with E-state index in [4.69, 9.17) is 14.2 Å². The van der Waals surface area contributed by atoms with Gasteiger partial charge in [0.1, 0.15) is 29.3 Å². The van der Waals surface area contributed by atoms with Crippen molar-refractivity contribution in [3.05, 3.63) is 22.3 Å².